The average molecular weight is 312 g/mol. The molecule has 1 saturated heterocycles. The third kappa shape index (κ3) is 3.03. The Bertz CT molecular complexity index is 739. The first-order valence-electron chi connectivity index (χ1n) is 7.61. The maximum atomic E-state index is 12.5. The Labute approximate surface area is 134 Å². The van der Waals surface area contributed by atoms with E-state index in [4.69, 9.17) is 0 Å². The van der Waals surface area contributed by atoms with Gasteiger partial charge in [0.1, 0.15) is 11.3 Å². The van der Waals surface area contributed by atoms with Gasteiger partial charge in [0, 0.05) is 19.0 Å². The number of carbonyl (C=O) groups is 1. The number of amides is 1. The Balaban J connectivity index is 1.75. The second-order valence-electron chi connectivity index (χ2n) is 6.04. The van der Waals surface area contributed by atoms with E-state index in [0.29, 0.717) is 18.7 Å². The second kappa shape index (κ2) is 5.96. The number of H-pyrrole nitrogens is 1. The number of benzene rings is 1. The Morgan fingerprint density at radius 1 is 1.43 bits per heavy atom. The second-order valence-corrected chi connectivity index (χ2v) is 6.04. The fraction of sp³-hybridized carbons (Fsp3) is 0.353. The van der Waals surface area contributed by atoms with Crippen molar-refractivity contribution in [2.75, 3.05) is 13.1 Å². The lowest BCUT2D eigenvalue weighted by Gasteiger charge is -2.20. The third-order valence-corrected chi connectivity index (χ3v) is 4.36. The van der Waals surface area contributed by atoms with E-state index in [1.807, 2.05) is 38.1 Å². The zero-order valence-corrected chi connectivity index (χ0v) is 13.3. The van der Waals surface area contributed by atoms with Gasteiger partial charge in [-0.1, -0.05) is 24.3 Å². The van der Waals surface area contributed by atoms with Gasteiger partial charge in [-0.2, -0.15) is 15.4 Å². The van der Waals surface area contributed by atoms with Crippen molar-refractivity contribution in [3.8, 4) is 0 Å². The number of hydrogen-bond acceptors (Lipinski definition) is 4. The first-order chi connectivity index (χ1) is 11.0. The van der Waals surface area contributed by atoms with Crippen LogP contribution < -0.4 is 0 Å². The zero-order chi connectivity index (χ0) is 16.4. The Morgan fingerprint density at radius 2 is 2.22 bits per heavy atom. The molecule has 120 valence electrons. The minimum Gasteiger partial charge on any atom is -0.381 e. The molecule has 0 saturated carbocycles. The van der Waals surface area contributed by atoms with Crippen molar-refractivity contribution in [2.24, 2.45) is 0 Å². The number of likely N-dealkylation sites (tertiary alicyclic amines) is 1. The molecule has 0 aliphatic carbocycles. The summed E-state index contributed by atoms with van der Waals surface area (Å²) in [7, 11) is 0. The lowest BCUT2D eigenvalue weighted by Crippen LogP contribution is -2.34. The summed E-state index contributed by atoms with van der Waals surface area (Å²) in [6, 6.07) is 7.97. The van der Waals surface area contributed by atoms with Crippen LogP contribution in [-0.2, 0) is 10.4 Å². The minimum atomic E-state index is -1.12. The zero-order valence-electron chi connectivity index (χ0n) is 13.3. The van der Waals surface area contributed by atoms with E-state index >= 15 is 0 Å². The molecule has 1 fully saturated rings. The lowest BCUT2D eigenvalue weighted by molar-refractivity contribution is -0.126. The van der Waals surface area contributed by atoms with Gasteiger partial charge in [0.05, 0.1) is 12.7 Å². The number of nitrogens with one attached hydrogen (secondary N) is 1. The van der Waals surface area contributed by atoms with Gasteiger partial charge in [-0.25, -0.2) is 0 Å². The standard InChI is InChI=1S/C17H20N4O2/c1-12-5-3-4-6-14(12)13(2)9-16(22)21-8-7-17(23,11-21)15-10-18-20-19-15/h3-6,9-10,23H,7-8,11H2,1-2H3,(H,18,19,20). The number of rotatable bonds is 3. The van der Waals surface area contributed by atoms with Gasteiger partial charge in [-0.15, -0.1) is 0 Å². The van der Waals surface area contributed by atoms with Crippen LogP contribution in [0.15, 0.2) is 36.5 Å². The Kier molecular flexibility index (Phi) is 4.00. The molecule has 6 heteroatoms. The molecule has 0 bridgehead atoms. The molecule has 1 amide bonds. The summed E-state index contributed by atoms with van der Waals surface area (Å²) in [5, 5.41) is 20.8. The molecule has 0 radical (unpaired) electrons. The highest BCUT2D eigenvalue weighted by molar-refractivity contribution is 5.95. The fourth-order valence-corrected chi connectivity index (χ4v) is 2.99. The van der Waals surface area contributed by atoms with Crippen molar-refractivity contribution in [3.05, 3.63) is 53.4 Å². The molecule has 1 atom stereocenters. The number of hydrogen-bond donors (Lipinski definition) is 2. The largest absolute Gasteiger partial charge is 0.381 e. The molecule has 2 heterocycles. The summed E-state index contributed by atoms with van der Waals surface area (Å²) in [6.07, 6.45) is 3.60. The smallest absolute Gasteiger partial charge is 0.246 e. The van der Waals surface area contributed by atoms with Crippen LogP contribution in [-0.4, -0.2) is 44.4 Å². The number of aryl methyl sites for hydroxylation is 1. The molecule has 23 heavy (non-hydrogen) atoms. The number of nitrogens with zero attached hydrogens (tertiary/aromatic N) is 3. The lowest BCUT2D eigenvalue weighted by atomic mass is 10.00. The molecular formula is C17H20N4O2. The van der Waals surface area contributed by atoms with Crippen molar-refractivity contribution in [1.82, 2.24) is 20.3 Å². The number of carbonyl (C=O) groups excluding carboxylic acids is 1. The van der Waals surface area contributed by atoms with E-state index in [0.717, 1.165) is 16.7 Å². The highest BCUT2D eigenvalue weighted by Crippen LogP contribution is 2.30. The number of aromatic nitrogens is 3. The fourth-order valence-electron chi connectivity index (χ4n) is 2.99. The van der Waals surface area contributed by atoms with Crippen LogP contribution in [0.4, 0.5) is 0 Å². The summed E-state index contributed by atoms with van der Waals surface area (Å²) >= 11 is 0. The van der Waals surface area contributed by atoms with Crippen molar-refractivity contribution in [1.29, 1.82) is 0 Å². The maximum absolute atomic E-state index is 12.5. The van der Waals surface area contributed by atoms with Crippen molar-refractivity contribution < 1.29 is 9.90 Å². The Hall–Kier alpha value is -2.47. The van der Waals surface area contributed by atoms with E-state index in [1.54, 1.807) is 11.0 Å². The normalized spacial score (nSPS) is 21.7. The van der Waals surface area contributed by atoms with Crippen LogP contribution in [0.5, 0.6) is 0 Å². The first-order valence-corrected chi connectivity index (χ1v) is 7.61. The van der Waals surface area contributed by atoms with Crippen LogP contribution in [0.3, 0.4) is 0 Å². The Morgan fingerprint density at radius 3 is 2.91 bits per heavy atom. The highest BCUT2D eigenvalue weighted by atomic mass is 16.3. The molecular weight excluding hydrogens is 292 g/mol. The summed E-state index contributed by atoms with van der Waals surface area (Å²) < 4.78 is 0. The average Bonchev–Trinajstić information content (AvgIpc) is 3.18. The quantitative estimate of drug-likeness (QED) is 0.844. The van der Waals surface area contributed by atoms with Crippen LogP contribution in [0, 0.1) is 6.92 Å². The van der Waals surface area contributed by atoms with Crippen LogP contribution >= 0.6 is 0 Å². The molecule has 3 rings (SSSR count). The molecule has 1 unspecified atom stereocenters. The molecule has 0 spiro atoms. The summed E-state index contributed by atoms with van der Waals surface area (Å²) in [5.41, 5.74) is 2.48. The van der Waals surface area contributed by atoms with Gasteiger partial charge in [0.15, 0.2) is 0 Å². The van der Waals surface area contributed by atoms with Crippen molar-refractivity contribution in [2.45, 2.75) is 25.9 Å². The topological polar surface area (TPSA) is 82.1 Å². The van der Waals surface area contributed by atoms with E-state index in [1.165, 1.54) is 6.20 Å². The number of aromatic amines is 1. The van der Waals surface area contributed by atoms with Gasteiger partial charge in [0.25, 0.3) is 0 Å². The number of β-amino-alcohol motifs (C(OH)–C–C–N with tert-alkyl or cyclic N) is 1. The SMILES string of the molecule is CC(=CC(=O)N1CCC(O)(c2cn[nH]n2)C1)c1ccccc1C. The minimum absolute atomic E-state index is 0.0924. The van der Waals surface area contributed by atoms with Crippen LogP contribution in [0.2, 0.25) is 0 Å². The molecule has 2 aromatic rings. The van der Waals surface area contributed by atoms with Crippen LogP contribution in [0.1, 0.15) is 30.2 Å². The highest BCUT2D eigenvalue weighted by Gasteiger charge is 2.41. The van der Waals surface area contributed by atoms with Crippen molar-refractivity contribution >= 4 is 11.5 Å². The van der Waals surface area contributed by atoms with E-state index < -0.39 is 5.60 Å². The predicted octanol–water partition coefficient (Wildman–Crippen LogP) is 1.64. The summed E-state index contributed by atoms with van der Waals surface area (Å²) in [4.78, 5) is 14.1. The third-order valence-electron chi connectivity index (χ3n) is 4.36. The first kappa shape index (κ1) is 15.4. The van der Waals surface area contributed by atoms with Gasteiger partial charge in [-0.3, -0.25) is 4.79 Å². The van der Waals surface area contributed by atoms with E-state index in [9.17, 15) is 9.90 Å². The van der Waals surface area contributed by atoms with Crippen molar-refractivity contribution in [3.63, 3.8) is 0 Å². The number of allylic oxidation sites excluding steroid dienone is 1. The van der Waals surface area contributed by atoms with Gasteiger partial charge in [0.2, 0.25) is 5.91 Å². The molecule has 1 aromatic carbocycles. The van der Waals surface area contributed by atoms with Gasteiger partial charge >= 0.3 is 0 Å². The number of aliphatic hydroxyl groups is 1. The molecule has 1 aliphatic rings. The summed E-state index contributed by atoms with van der Waals surface area (Å²) in [5.74, 6) is -0.0924. The molecule has 1 aliphatic heterocycles. The van der Waals surface area contributed by atoms with E-state index in [-0.39, 0.29) is 12.5 Å². The van der Waals surface area contributed by atoms with Gasteiger partial charge < -0.3 is 10.0 Å². The monoisotopic (exact) mass is 312 g/mol. The molecule has 2 N–H and O–H groups in total. The predicted molar refractivity (Wildman–Crippen MR) is 86.3 cm³/mol. The van der Waals surface area contributed by atoms with E-state index in [2.05, 4.69) is 15.4 Å². The molecule has 6 nitrogen and oxygen atoms in total. The van der Waals surface area contributed by atoms with Crippen LogP contribution in [0.25, 0.3) is 5.57 Å². The van der Waals surface area contributed by atoms with Gasteiger partial charge in [-0.05, 0) is 30.5 Å². The maximum Gasteiger partial charge on any atom is 0.246 e. The summed E-state index contributed by atoms with van der Waals surface area (Å²) in [6.45, 7) is 4.69. The molecule has 1 aromatic heterocycles.